The molecular weight excluding hydrogens is 514 g/mol. The lowest BCUT2D eigenvalue weighted by Crippen LogP contribution is -2.11. The molecule has 0 saturated heterocycles. The lowest BCUT2D eigenvalue weighted by atomic mass is 10.2. The van der Waals surface area contributed by atoms with Crippen LogP contribution < -0.4 is 11.1 Å². The molecule has 0 atom stereocenters. The summed E-state index contributed by atoms with van der Waals surface area (Å²) < 4.78 is 73.3. The first kappa shape index (κ1) is 23.1. The molecule has 27 heavy (non-hydrogen) atoms. The molecule has 0 spiro atoms. The van der Waals surface area contributed by atoms with E-state index in [0.29, 0.717) is 0 Å². The Morgan fingerprint density at radius 1 is 0.963 bits per heavy atom. The number of nitrogens with two attached hydrogens (primary N) is 1. The van der Waals surface area contributed by atoms with E-state index in [1.165, 1.54) is 6.92 Å². The first-order valence-corrected chi connectivity index (χ1v) is 8.29. The third kappa shape index (κ3) is 7.33. The Kier molecular flexibility index (Phi) is 7.60. The second-order valence-electron chi connectivity index (χ2n) is 4.82. The van der Waals surface area contributed by atoms with Gasteiger partial charge in [0.25, 0.3) is 0 Å². The fourth-order valence-corrected chi connectivity index (χ4v) is 2.46. The highest BCUT2D eigenvalue weighted by Gasteiger charge is 2.34. The van der Waals surface area contributed by atoms with Crippen LogP contribution in [-0.2, 0) is 17.1 Å². The van der Waals surface area contributed by atoms with E-state index in [0.717, 1.165) is 24.5 Å². The predicted molar refractivity (Wildman–Crippen MR) is 92.6 cm³/mol. The van der Waals surface area contributed by atoms with Crippen LogP contribution in [0, 0.1) is 0 Å². The zero-order valence-electron chi connectivity index (χ0n) is 13.2. The molecule has 148 valence electrons. The molecule has 2 aromatic rings. The second-order valence-corrected chi connectivity index (χ2v) is 6.52. The Morgan fingerprint density at radius 3 is 1.81 bits per heavy atom. The van der Waals surface area contributed by atoms with Gasteiger partial charge in [-0.3, -0.25) is 4.79 Å². The lowest BCUT2D eigenvalue weighted by Gasteiger charge is -2.10. The van der Waals surface area contributed by atoms with Gasteiger partial charge in [-0.25, -0.2) is 9.97 Å². The molecule has 0 aliphatic rings. The summed E-state index contributed by atoms with van der Waals surface area (Å²) in [5.74, 6) is -0.749. The number of nitrogens with one attached hydrogen (secondary N) is 1. The van der Waals surface area contributed by atoms with Crippen molar-refractivity contribution in [2.45, 2.75) is 19.3 Å². The number of nitrogen functional groups attached to an aromatic ring is 1. The van der Waals surface area contributed by atoms with Gasteiger partial charge in [0.15, 0.2) is 0 Å². The van der Waals surface area contributed by atoms with Gasteiger partial charge in [0.05, 0.1) is 11.1 Å². The normalized spacial score (nSPS) is 11.4. The predicted octanol–water partition coefficient (Wildman–Crippen LogP) is 5.27. The number of amides is 1. The number of anilines is 2. The van der Waals surface area contributed by atoms with E-state index in [1.807, 2.05) is 0 Å². The molecular formula is C14H10Br2F6N4O. The first-order valence-electron chi connectivity index (χ1n) is 6.70. The van der Waals surface area contributed by atoms with E-state index in [-0.39, 0.29) is 20.6 Å². The molecule has 1 amide bonds. The van der Waals surface area contributed by atoms with Crippen LogP contribution in [0.3, 0.4) is 0 Å². The third-order valence-electron chi connectivity index (χ3n) is 2.65. The van der Waals surface area contributed by atoms with E-state index >= 15 is 0 Å². The Hall–Kier alpha value is -1.89. The molecule has 2 rings (SSSR count). The highest BCUT2D eigenvalue weighted by molar-refractivity contribution is 9.10. The average molecular weight is 524 g/mol. The largest absolute Gasteiger partial charge is 0.417 e. The van der Waals surface area contributed by atoms with Crippen LogP contribution in [0.2, 0.25) is 0 Å². The van der Waals surface area contributed by atoms with E-state index in [9.17, 15) is 31.1 Å². The van der Waals surface area contributed by atoms with Crippen LogP contribution >= 0.6 is 31.9 Å². The summed E-state index contributed by atoms with van der Waals surface area (Å²) in [5.41, 5.74) is 3.41. The van der Waals surface area contributed by atoms with Gasteiger partial charge in [-0.2, -0.15) is 26.3 Å². The fourth-order valence-electron chi connectivity index (χ4n) is 1.58. The maximum absolute atomic E-state index is 12.4. The Morgan fingerprint density at radius 2 is 1.41 bits per heavy atom. The lowest BCUT2D eigenvalue weighted by molar-refractivity contribution is -0.139. The molecule has 0 aliphatic heterocycles. The van der Waals surface area contributed by atoms with Crippen LogP contribution in [0.4, 0.5) is 38.0 Å². The summed E-state index contributed by atoms with van der Waals surface area (Å²) in [5, 5.41) is 2.17. The number of carbonyl (C=O) groups excluding carboxylic acids is 1. The molecule has 0 unspecified atom stereocenters. The smallest absolute Gasteiger partial charge is 0.384 e. The molecule has 3 N–H and O–H groups in total. The van der Waals surface area contributed by atoms with E-state index in [1.54, 1.807) is 0 Å². The van der Waals surface area contributed by atoms with Crippen molar-refractivity contribution in [1.29, 1.82) is 0 Å². The van der Waals surface area contributed by atoms with Crippen molar-refractivity contribution in [3.05, 3.63) is 44.6 Å². The second kappa shape index (κ2) is 8.87. The fraction of sp³-hybridized carbons (Fsp3) is 0.214. The summed E-state index contributed by atoms with van der Waals surface area (Å²) in [6, 6.07) is 1.55. The number of aromatic nitrogens is 2. The van der Waals surface area contributed by atoms with Crippen LogP contribution in [0.15, 0.2) is 33.5 Å². The molecule has 2 heterocycles. The maximum Gasteiger partial charge on any atom is 0.417 e. The minimum atomic E-state index is -4.48. The number of nitrogens with zero attached hydrogens (tertiary/aromatic N) is 2. The molecule has 0 aliphatic carbocycles. The van der Waals surface area contributed by atoms with Gasteiger partial charge in [0.2, 0.25) is 5.91 Å². The monoisotopic (exact) mass is 522 g/mol. The van der Waals surface area contributed by atoms with Gasteiger partial charge in [-0.15, -0.1) is 0 Å². The van der Waals surface area contributed by atoms with Gasteiger partial charge in [0.1, 0.15) is 11.6 Å². The summed E-state index contributed by atoms with van der Waals surface area (Å²) in [7, 11) is 0. The Balaban J connectivity index is 0.000000277. The van der Waals surface area contributed by atoms with Gasteiger partial charge < -0.3 is 11.1 Å². The zero-order valence-corrected chi connectivity index (χ0v) is 16.4. The van der Waals surface area contributed by atoms with Crippen molar-refractivity contribution < 1.29 is 31.1 Å². The van der Waals surface area contributed by atoms with Gasteiger partial charge in [0, 0.05) is 28.3 Å². The minimum absolute atomic E-state index is 0.107. The van der Waals surface area contributed by atoms with Crippen molar-refractivity contribution in [2.24, 2.45) is 0 Å². The summed E-state index contributed by atoms with van der Waals surface area (Å²) in [6.07, 6.45) is -6.85. The topological polar surface area (TPSA) is 80.9 Å². The van der Waals surface area contributed by atoms with Crippen LogP contribution in [0.25, 0.3) is 0 Å². The number of hydrogen-bond acceptors (Lipinski definition) is 4. The first-order chi connectivity index (χ1) is 12.2. The zero-order chi connectivity index (χ0) is 21.0. The van der Waals surface area contributed by atoms with Crippen molar-refractivity contribution in [2.75, 3.05) is 11.1 Å². The molecule has 0 bridgehead atoms. The Labute approximate surface area is 165 Å². The molecule has 0 fully saturated rings. The van der Waals surface area contributed by atoms with Crippen LogP contribution in [-0.4, -0.2) is 15.9 Å². The highest BCUT2D eigenvalue weighted by Crippen LogP contribution is 2.36. The van der Waals surface area contributed by atoms with E-state index in [4.69, 9.17) is 5.73 Å². The number of halogens is 8. The van der Waals surface area contributed by atoms with Crippen molar-refractivity contribution in [1.82, 2.24) is 9.97 Å². The summed E-state index contributed by atoms with van der Waals surface area (Å²) in [4.78, 5) is 17.7. The molecule has 0 radical (unpaired) electrons. The standard InChI is InChI=1S/C8H6BrF3N2O.C6H4BrF3N2/c1-4(15)14-7-2-5(8(10,11)12)6(9)3-13-7;7-4-2-12-5(11)1-3(4)6(8,9)10/h2-3H,1H3,(H,13,14,15);1-2H,(H2,11,12). The average Bonchev–Trinajstić information content (AvgIpc) is 2.49. The summed E-state index contributed by atoms with van der Waals surface area (Å²) in [6.45, 7) is 1.19. The van der Waals surface area contributed by atoms with E-state index < -0.39 is 29.4 Å². The number of alkyl halides is 6. The van der Waals surface area contributed by atoms with Gasteiger partial charge in [-0.05, 0) is 44.0 Å². The third-order valence-corrected chi connectivity index (χ3v) is 3.91. The van der Waals surface area contributed by atoms with E-state index in [2.05, 4.69) is 47.1 Å². The quantitative estimate of drug-likeness (QED) is 0.499. The molecule has 2 aromatic heterocycles. The van der Waals surface area contributed by atoms with Crippen LogP contribution in [0.5, 0.6) is 0 Å². The number of hydrogen-bond donors (Lipinski definition) is 2. The molecule has 13 heteroatoms. The Bertz CT molecular complexity index is 826. The molecule has 0 aromatic carbocycles. The number of pyridine rings is 2. The van der Waals surface area contributed by atoms with Crippen molar-refractivity contribution in [3.8, 4) is 0 Å². The van der Waals surface area contributed by atoms with Crippen molar-refractivity contribution >= 4 is 49.4 Å². The summed E-state index contributed by atoms with van der Waals surface area (Å²) >= 11 is 5.47. The van der Waals surface area contributed by atoms with Crippen LogP contribution in [0.1, 0.15) is 18.1 Å². The van der Waals surface area contributed by atoms with Crippen molar-refractivity contribution in [3.63, 3.8) is 0 Å². The minimum Gasteiger partial charge on any atom is -0.384 e. The SMILES string of the molecule is CC(=O)Nc1cc(C(F)(F)F)c(Br)cn1.Nc1cc(C(F)(F)F)c(Br)cn1. The molecule has 0 saturated carbocycles. The number of rotatable bonds is 1. The molecule has 5 nitrogen and oxygen atoms in total. The maximum atomic E-state index is 12.4. The number of carbonyl (C=O) groups is 1. The van der Waals surface area contributed by atoms with Gasteiger partial charge >= 0.3 is 12.4 Å². The van der Waals surface area contributed by atoms with Gasteiger partial charge in [-0.1, -0.05) is 0 Å². The highest BCUT2D eigenvalue weighted by atomic mass is 79.9.